The summed E-state index contributed by atoms with van der Waals surface area (Å²) in [5.74, 6) is -1.36. The Morgan fingerprint density at radius 3 is 2.57 bits per heavy atom. The Hall–Kier alpha value is -2.30. The van der Waals surface area contributed by atoms with E-state index in [-0.39, 0.29) is 18.4 Å². The van der Waals surface area contributed by atoms with Crippen LogP contribution in [-0.2, 0) is 16.1 Å². The van der Waals surface area contributed by atoms with Crippen LogP contribution in [0.15, 0.2) is 42.5 Å². The molecule has 122 valence electrons. The first-order chi connectivity index (χ1) is 11.1. The number of rotatable bonds is 4. The van der Waals surface area contributed by atoms with Gasteiger partial charge in [0.25, 0.3) is 0 Å². The predicted octanol–water partition coefficient (Wildman–Crippen LogP) is 2.97. The van der Waals surface area contributed by atoms with Gasteiger partial charge in [-0.3, -0.25) is 4.79 Å². The second-order valence-electron chi connectivity index (χ2n) is 6.24. The average Bonchev–Trinajstić information content (AvgIpc) is 2.88. The molecule has 0 spiro atoms. The maximum atomic E-state index is 12.1. The highest BCUT2D eigenvalue weighted by Crippen LogP contribution is 2.39. The highest BCUT2D eigenvalue weighted by Gasteiger charge is 2.43. The minimum atomic E-state index is -0.848. The van der Waals surface area contributed by atoms with Crippen molar-refractivity contribution in [3.05, 3.63) is 48.0 Å². The molecule has 3 aliphatic rings. The molecule has 1 fully saturated rings. The largest absolute Gasteiger partial charge is 0.481 e. The first-order valence-electron chi connectivity index (χ1n) is 8.03. The van der Waals surface area contributed by atoms with Crippen LogP contribution in [0.4, 0.5) is 4.79 Å². The summed E-state index contributed by atoms with van der Waals surface area (Å²) in [7, 11) is 0. The van der Waals surface area contributed by atoms with Gasteiger partial charge in [-0.25, -0.2) is 4.79 Å². The minimum Gasteiger partial charge on any atom is -0.481 e. The summed E-state index contributed by atoms with van der Waals surface area (Å²) in [4.78, 5) is 23.7. The van der Waals surface area contributed by atoms with E-state index in [0.29, 0.717) is 0 Å². The van der Waals surface area contributed by atoms with Gasteiger partial charge in [0.2, 0.25) is 0 Å². The summed E-state index contributed by atoms with van der Waals surface area (Å²) < 4.78 is 5.24. The van der Waals surface area contributed by atoms with Crippen LogP contribution in [0.25, 0.3) is 0 Å². The van der Waals surface area contributed by atoms with E-state index in [9.17, 15) is 14.7 Å². The average molecular weight is 315 g/mol. The van der Waals surface area contributed by atoms with Crippen LogP contribution in [0, 0.1) is 17.8 Å². The van der Waals surface area contributed by atoms with Crippen molar-refractivity contribution >= 4 is 12.1 Å². The van der Waals surface area contributed by atoms with Gasteiger partial charge in [-0.1, -0.05) is 48.9 Å². The standard InChI is InChI=1S/C18H21NO4/c20-17(21)15-13-7-4-8-14(10-9-13)16(15)19-18(22)23-11-12-5-2-1-3-6-12/h1-3,5-6,9-10,13-16H,4,7-8,11H2,(H,19,22)(H,20,21). The van der Waals surface area contributed by atoms with Crippen LogP contribution in [-0.4, -0.2) is 23.2 Å². The SMILES string of the molecule is O=C(NC1C2C=CC(CCC2)C1C(=O)O)OCc1ccccc1. The normalized spacial score (nSPS) is 28.9. The number of amides is 1. The van der Waals surface area contributed by atoms with Crippen LogP contribution < -0.4 is 5.32 Å². The quantitative estimate of drug-likeness (QED) is 0.838. The number of aliphatic carboxylic acids is 1. The lowest BCUT2D eigenvalue weighted by molar-refractivity contribution is -0.144. The number of benzene rings is 1. The summed E-state index contributed by atoms with van der Waals surface area (Å²) in [5.41, 5.74) is 0.903. The van der Waals surface area contributed by atoms with Crippen molar-refractivity contribution in [1.82, 2.24) is 5.32 Å². The van der Waals surface area contributed by atoms with E-state index >= 15 is 0 Å². The summed E-state index contributed by atoms with van der Waals surface area (Å²) >= 11 is 0. The number of alkyl carbamates (subject to hydrolysis) is 1. The minimum absolute atomic E-state index is 0.00864. The summed E-state index contributed by atoms with van der Waals surface area (Å²) in [6.45, 7) is 0.182. The zero-order valence-electron chi connectivity index (χ0n) is 12.9. The molecule has 3 aliphatic carbocycles. The molecular formula is C18H21NO4. The van der Waals surface area contributed by atoms with Crippen molar-refractivity contribution in [2.45, 2.75) is 31.9 Å². The number of allylic oxidation sites excluding steroid dienone is 1. The fourth-order valence-electron chi connectivity index (χ4n) is 3.63. The predicted molar refractivity (Wildman–Crippen MR) is 84.6 cm³/mol. The number of carbonyl (C=O) groups excluding carboxylic acids is 1. The van der Waals surface area contributed by atoms with E-state index in [1.165, 1.54) is 0 Å². The zero-order chi connectivity index (χ0) is 16.2. The molecule has 0 saturated heterocycles. The van der Waals surface area contributed by atoms with Gasteiger partial charge in [-0.15, -0.1) is 0 Å². The number of hydrogen-bond acceptors (Lipinski definition) is 3. The number of ether oxygens (including phenoxy) is 1. The van der Waals surface area contributed by atoms with Crippen molar-refractivity contribution in [1.29, 1.82) is 0 Å². The van der Waals surface area contributed by atoms with Gasteiger partial charge in [-0.05, 0) is 30.2 Å². The van der Waals surface area contributed by atoms with Gasteiger partial charge in [0.15, 0.2) is 0 Å². The summed E-state index contributed by atoms with van der Waals surface area (Å²) in [6, 6.07) is 9.02. The molecule has 5 heteroatoms. The van der Waals surface area contributed by atoms with Crippen molar-refractivity contribution in [3.63, 3.8) is 0 Å². The fraction of sp³-hybridized carbons (Fsp3) is 0.444. The first-order valence-corrected chi connectivity index (χ1v) is 8.03. The lowest BCUT2D eigenvalue weighted by Gasteiger charge is -2.34. The van der Waals surface area contributed by atoms with Gasteiger partial charge >= 0.3 is 12.1 Å². The van der Waals surface area contributed by atoms with Crippen LogP contribution >= 0.6 is 0 Å². The van der Waals surface area contributed by atoms with Crippen LogP contribution in [0.3, 0.4) is 0 Å². The molecule has 5 nitrogen and oxygen atoms in total. The Morgan fingerprint density at radius 1 is 1.13 bits per heavy atom. The summed E-state index contributed by atoms with van der Waals surface area (Å²) in [5, 5.41) is 12.3. The Balaban J connectivity index is 1.64. The molecule has 1 saturated carbocycles. The molecule has 0 radical (unpaired) electrons. The molecule has 4 atom stereocenters. The third kappa shape index (κ3) is 3.55. The second kappa shape index (κ2) is 6.86. The third-order valence-electron chi connectivity index (χ3n) is 4.77. The third-order valence-corrected chi connectivity index (χ3v) is 4.77. The van der Waals surface area contributed by atoms with Gasteiger partial charge in [0.05, 0.1) is 12.0 Å². The maximum Gasteiger partial charge on any atom is 0.407 e. The van der Waals surface area contributed by atoms with Crippen molar-refractivity contribution in [2.75, 3.05) is 0 Å². The molecule has 1 aromatic rings. The first kappa shape index (κ1) is 15.6. The lowest BCUT2D eigenvalue weighted by atomic mass is 9.76. The Bertz CT molecular complexity index is 598. The van der Waals surface area contributed by atoms with Gasteiger partial charge < -0.3 is 15.2 Å². The fourth-order valence-corrected chi connectivity index (χ4v) is 3.63. The molecule has 2 N–H and O–H groups in total. The number of carboxylic acids is 1. The Morgan fingerprint density at radius 2 is 1.83 bits per heavy atom. The molecular weight excluding hydrogens is 294 g/mol. The van der Waals surface area contributed by atoms with Gasteiger partial charge in [0.1, 0.15) is 6.61 Å². The zero-order valence-corrected chi connectivity index (χ0v) is 12.9. The maximum absolute atomic E-state index is 12.1. The summed E-state index contributed by atoms with van der Waals surface area (Å²) in [6.07, 6.45) is 6.26. The lowest BCUT2D eigenvalue weighted by Crippen LogP contribution is -2.50. The van der Waals surface area contributed by atoms with Gasteiger partial charge in [0, 0.05) is 0 Å². The van der Waals surface area contributed by atoms with Gasteiger partial charge in [-0.2, -0.15) is 0 Å². The number of fused-ring (bicyclic) bond motifs is 3. The highest BCUT2D eigenvalue weighted by molar-refractivity contribution is 5.74. The monoisotopic (exact) mass is 315 g/mol. The molecule has 1 amide bonds. The molecule has 4 unspecified atom stereocenters. The van der Waals surface area contributed by atoms with Crippen LogP contribution in [0.2, 0.25) is 0 Å². The van der Waals surface area contributed by atoms with Crippen molar-refractivity contribution < 1.29 is 19.4 Å². The molecule has 4 rings (SSSR count). The molecule has 1 aromatic carbocycles. The number of nitrogens with one attached hydrogen (secondary N) is 1. The number of carboxylic acid groups (broad SMARTS) is 1. The number of hydrogen-bond donors (Lipinski definition) is 2. The van der Waals surface area contributed by atoms with E-state index in [4.69, 9.17) is 4.74 Å². The Kier molecular flexibility index (Phi) is 4.65. The van der Waals surface area contributed by atoms with Crippen LogP contribution in [0.1, 0.15) is 24.8 Å². The topological polar surface area (TPSA) is 75.6 Å². The number of carbonyl (C=O) groups is 2. The molecule has 2 bridgehead atoms. The van der Waals surface area contributed by atoms with Crippen LogP contribution in [0.5, 0.6) is 0 Å². The molecule has 23 heavy (non-hydrogen) atoms. The smallest absolute Gasteiger partial charge is 0.407 e. The van der Waals surface area contributed by atoms with E-state index in [0.717, 1.165) is 24.8 Å². The molecule has 0 aliphatic heterocycles. The van der Waals surface area contributed by atoms with E-state index in [1.54, 1.807) is 0 Å². The van der Waals surface area contributed by atoms with E-state index in [2.05, 4.69) is 11.4 Å². The molecule has 0 aromatic heterocycles. The van der Waals surface area contributed by atoms with Crippen molar-refractivity contribution in [3.8, 4) is 0 Å². The second-order valence-corrected chi connectivity index (χ2v) is 6.24. The molecule has 0 heterocycles. The highest BCUT2D eigenvalue weighted by atomic mass is 16.5. The van der Waals surface area contributed by atoms with E-state index in [1.807, 2.05) is 36.4 Å². The van der Waals surface area contributed by atoms with E-state index < -0.39 is 24.0 Å². The van der Waals surface area contributed by atoms with Crippen molar-refractivity contribution in [2.24, 2.45) is 17.8 Å². The Labute approximate surface area is 135 Å².